The van der Waals surface area contributed by atoms with E-state index in [0.717, 1.165) is 32.4 Å². The molecule has 0 bridgehead atoms. The second kappa shape index (κ2) is 9.76. The Balaban J connectivity index is 1.41. The number of thioether (sulfide) groups is 1. The van der Waals surface area contributed by atoms with Crippen LogP contribution in [-0.4, -0.2) is 29.7 Å². The van der Waals surface area contributed by atoms with E-state index in [1.807, 2.05) is 30.4 Å². The average molecular weight is 459 g/mol. The van der Waals surface area contributed by atoms with Crippen molar-refractivity contribution in [1.29, 1.82) is 0 Å². The Bertz CT molecular complexity index is 1060. The first kappa shape index (κ1) is 21.1. The lowest BCUT2D eigenvalue weighted by molar-refractivity contribution is -0.149. The highest BCUT2D eigenvalue weighted by Crippen LogP contribution is 2.33. The fourth-order valence-corrected chi connectivity index (χ4v) is 6.35. The molecular formula is C22H22N2O3S3. The summed E-state index contributed by atoms with van der Waals surface area (Å²) in [5, 5.41) is 7.26. The Labute approximate surface area is 187 Å². The highest BCUT2D eigenvalue weighted by Gasteiger charge is 2.34. The van der Waals surface area contributed by atoms with E-state index in [9.17, 15) is 9.59 Å². The first-order valence-electron chi connectivity index (χ1n) is 9.72. The number of rotatable bonds is 7. The molecule has 0 aliphatic heterocycles. The minimum atomic E-state index is -0.432. The summed E-state index contributed by atoms with van der Waals surface area (Å²) < 4.78 is 6.95. The smallest absolute Gasteiger partial charge is 0.309 e. The summed E-state index contributed by atoms with van der Waals surface area (Å²) in [5.41, 5.74) is 3.02. The molecule has 2 aromatic heterocycles. The van der Waals surface area contributed by atoms with Crippen molar-refractivity contribution in [2.45, 2.75) is 23.6 Å². The van der Waals surface area contributed by atoms with Gasteiger partial charge in [0.05, 0.1) is 29.2 Å². The molecule has 1 aromatic carbocycles. The molecule has 2 heterocycles. The fraction of sp³-hybridized carbons (Fsp3) is 0.318. The number of carbonyl (C=O) groups is 2. The second-order valence-corrected chi connectivity index (χ2v) is 10.2. The molecule has 5 nitrogen and oxygen atoms in total. The van der Waals surface area contributed by atoms with Crippen LogP contribution >= 0.6 is 34.4 Å². The minimum Gasteiger partial charge on any atom is -0.469 e. The molecule has 30 heavy (non-hydrogen) atoms. The van der Waals surface area contributed by atoms with Crippen LogP contribution in [0, 0.1) is 11.8 Å². The molecule has 1 aliphatic carbocycles. The monoisotopic (exact) mass is 458 g/mol. The number of hydrogen-bond donors (Lipinski definition) is 1. The molecule has 0 saturated carbocycles. The van der Waals surface area contributed by atoms with E-state index in [1.165, 1.54) is 12.7 Å². The van der Waals surface area contributed by atoms with Gasteiger partial charge in [-0.05, 0) is 59.9 Å². The van der Waals surface area contributed by atoms with Crippen molar-refractivity contribution in [3.8, 4) is 0 Å². The Morgan fingerprint density at radius 2 is 2.07 bits per heavy atom. The van der Waals surface area contributed by atoms with E-state index in [1.54, 1.807) is 34.4 Å². The number of fused-ring (bicyclic) bond motifs is 1. The van der Waals surface area contributed by atoms with Crippen molar-refractivity contribution in [2.24, 2.45) is 11.8 Å². The predicted octanol–water partition coefficient (Wildman–Crippen LogP) is 5.39. The van der Waals surface area contributed by atoms with Crippen LogP contribution in [0.15, 0.2) is 51.5 Å². The lowest BCUT2D eigenvalue weighted by atomic mass is 9.82. The van der Waals surface area contributed by atoms with Gasteiger partial charge in [-0.15, -0.1) is 11.3 Å². The molecule has 1 N–H and O–H groups in total. The number of nitrogens with one attached hydrogen (secondary N) is 1. The van der Waals surface area contributed by atoms with Crippen LogP contribution in [0.3, 0.4) is 0 Å². The first-order valence-corrected chi connectivity index (χ1v) is 12.5. The quantitative estimate of drug-likeness (QED) is 0.292. The maximum Gasteiger partial charge on any atom is 0.309 e. The molecule has 4 rings (SSSR count). The first-order chi connectivity index (χ1) is 14.6. The zero-order valence-corrected chi connectivity index (χ0v) is 18.9. The number of esters is 1. The number of aromatic nitrogens is 1. The zero-order chi connectivity index (χ0) is 20.9. The second-order valence-electron chi connectivity index (χ2n) is 7.06. The SMILES string of the molecule is COC(=O)C1CC=CCC1C(=O)Nc1ccc2nc(SCCc3ccsc3)sc2c1. The Hall–Kier alpha value is -2.16. The maximum absolute atomic E-state index is 12.8. The van der Waals surface area contributed by atoms with Crippen molar-refractivity contribution in [3.05, 3.63) is 52.7 Å². The number of carbonyl (C=O) groups excluding carboxylic acids is 2. The molecule has 2 unspecified atom stereocenters. The lowest BCUT2D eigenvalue weighted by Crippen LogP contribution is -2.35. The molecule has 0 radical (unpaired) electrons. The lowest BCUT2D eigenvalue weighted by Gasteiger charge is -2.25. The largest absolute Gasteiger partial charge is 0.469 e. The van der Waals surface area contributed by atoms with E-state index in [0.29, 0.717) is 12.8 Å². The molecule has 156 valence electrons. The van der Waals surface area contributed by atoms with Crippen molar-refractivity contribution >= 4 is 62.2 Å². The molecule has 1 aliphatic rings. The zero-order valence-electron chi connectivity index (χ0n) is 16.5. The van der Waals surface area contributed by atoms with E-state index in [2.05, 4.69) is 27.1 Å². The Kier molecular flexibility index (Phi) is 6.86. The fourth-order valence-electron chi connectivity index (χ4n) is 3.48. The van der Waals surface area contributed by atoms with Crippen LogP contribution in [0.4, 0.5) is 5.69 Å². The summed E-state index contributed by atoms with van der Waals surface area (Å²) in [6, 6.07) is 7.92. The van der Waals surface area contributed by atoms with Crippen LogP contribution in [0.2, 0.25) is 0 Å². The third-order valence-electron chi connectivity index (χ3n) is 5.11. The number of anilines is 1. The number of benzene rings is 1. The third kappa shape index (κ3) is 4.94. The van der Waals surface area contributed by atoms with Crippen LogP contribution < -0.4 is 5.32 Å². The van der Waals surface area contributed by atoms with Gasteiger partial charge in [0.2, 0.25) is 5.91 Å². The molecule has 2 atom stereocenters. The van der Waals surface area contributed by atoms with Gasteiger partial charge in [-0.1, -0.05) is 23.9 Å². The minimum absolute atomic E-state index is 0.149. The van der Waals surface area contributed by atoms with E-state index in [4.69, 9.17) is 4.74 Å². The molecule has 3 aromatic rings. The van der Waals surface area contributed by atoms with Gasteiger partial charge in [-0.25, -0.2) is 4.98 Å². The summed E-state index contributed by atoms with van der Waals surface area (Å²) in [4.78, 5) is 29.5. The number of aryl methyl sites for hydroxylation is 1. The van der Waals surface area contributed by atoms with Gasteiger partial charge in [-0.3, -0.25) is 9.59 Å². The van der Waals surface area contributed by atoms with Crippen LogP contribution in [0.5, 0.6) is 0 Å². The van der Waals surface area contributed by atoms with Gasteiger partial charge in [0.25, 0.3) is 0 Å². The molecule has 0 fully saturated rings. The normalized spacial score (nSPS) is 18.4. The predicted molar refractivity (Wildman–Crippen MR) is 124 cm³/mol. The van der Waals surface area contributed by atoms with Gasteiger partial charge in [0, 0.05) is 11.4 Å². The number of ether oxygens (including phenoxy) is 1. The number of thiazole rings is 1. The van der Waals surface area contributed by atoms with Gasteiger partial charge in [-0.2, -0.15) is 11.3 Å². The van der Waals surface area contributed by atoms with Crippen LogP contribution in [-0.2, 0) is 20.7 Å². The Morgan fingerprint density at radius 3 is 2.83 bits per heavy atom. The summed E-state index contributed by atoms with van der Waals surface area (Å²) in [7, 11) is 1.36. The number of nitrogens with zero attached hydrogens (tertiary/aromatic N) is 1. The molecule has 1 amide bonds. The highest BCUT2D eigenvalue weighted by molar-refractivity contribution is 8.01. The summed E-state index contributed by atoms with van der Waals surface area (Å²) in [5.74, 6) is -0.337. The van der Waals surface area contributed by atoms with Crippen molar-refractivity contribution < 1.29 is 14.3 Å². The number of allylic oxidation sites excluding steroid dienone is 2. The van der Waals surface area contributed by atoms with Gasteiger partial charge < -0.3 is 10.1 Å². The highest BCUT2D eigenvalue weighted by atomic mass is 32.2. The number of amides is 1. The third-order valence-corrected chi connectivity index (χ3v) is 8.00. The van der Waals surface area contributed by atoms with E-state index in [-0.39, 0.29) is 11.9 Å². The van der Waals surface area contributed by atoms with Gasteiger partial charge in [0.15, 0.2) is 4.34 Å². The summed E-state index contributed by atoms with van der Waals surface area (Å²) in [6.45, 7) is 0. The van der Waals surface area contributed by atoms with E-state index >= 15 is 0 Å². The summed E-state index contributed by atoms with van der Waals surface area (Å²) >= 11 is 5.12. The van der Waals surface area contributed by atoms with Crippen LogP contribution in [0.1, 0.15) is 18.4 Å². The maximum atomic E-state index is 12.8. The molecular weight excluding hydrogens is 436 g/mol. The summed E-state index contributed by atoms with van der Waals surface area (Å²) in [6.07, 6.45) is 5.99. The van der Waals surface area contributed by atoms with E-state index < -0.39 is 11.8 Å². The molecule has 0 saturated heterocycles. The number of methoxy groups -OCH3 is 1. The van der Waals surface area contributed by atoms with Crippen LogP contribution in [0.25, 0.3) is 10.2 Å². The van der Waals surface area contributed by atoms with Crippen molar-refractivity contribution in [3.63, 3.8) is 0 Å². The molecule has 8 heteroatoms. The van der Waals surface area contributed by atoms with Crippen molar-refractivity contribution in [2.75, 3.05) is 18.2 Å². The van der Waals surface area contributed by atoms with Gasteiger partial charge in [0.1, 0.15) is 0 Å². The number of thiophene rings is 1. The number of hydrogen-bond acceptors (Lipinski definition) is 7. The molecule has 0 spiro atoms. The standard InChI is InChI=1S/C22H22N2O3S3/c1-27-21(26)17-5-3-2-4-16(17)20(25)23-15-6-7-18-19(12-15)30-22(24-18)29-11-9-14-8-10-28-13-14/h2-3,6-8,10,12-13,16-17H,4-5,9,11H2,1H3,(H,23,25). The Morgan fingerprint density at radius 1 is 1.23 bits per heavy atom. The topological polar surface area (TPSA) is 68.3 Å². The van der Waals surface area contributed by atoms with Gasteiger partial charge >= 0.3 is 5.97 Å². The van der Waals surface area contributed by atoms with Crippen molar-refractivity contribution in [1.82, 2.24) is 4.98 Å². The average Bonchev–Trinajstić information content (AvgIpc) is 3.42.